The van der Waals surface area contributed by atoms with Crippen molar-refractivity contribution in [3.8, 4) is 0 Å². The Balaban J connectivity index is 2.67. The van der Waals surface area contributed by atoms with Gasteiger partial charge in [-0.3, -0.25) is 0 Å². The summed E-state index contributed by atoms with van der Waals surface area (Å²) in [5, 5.41) is 9.85. The molecule has 16 heavy (non-hydrogen) atoms. The van der Waals surface area contributed by atoms with Crippen LogP contribution >= 0.6 is 0 Å². The first kappa shape index (κ1) is 13.2. The summed E-state index contributed by atoms with van der Waals surface area (Å²) < 4.78 is 0. The van der Waals surface area contributed by atoms with E-state index in [0.29, 0.717) is 11.8 Å². The van der Waals surface area contributed by atoms with Crippen molar-refractivity contribution >= 4 is 0 Å². The number of aliphatic hydroxyl groups is 1. The minimum atomic E-state index is -0.228. The summed E-state index contributed by atoms with van der Waals surface area (Å²) in [6.45, 7) is 8.58. The van der Waals surface area contributed by atoms with E-state index >= 15 is 0 Å². The van der Waals surface area contributed by atoms with Crippen LogP contribution < -0.4 is 0 Å². The normalized spacial score (nSPS) is 13.4. The predicted octanol–water partition coefficient (Wildman–Crippen LogP) is 3.44. The average Bonchev–Trinajstić information content (AvgIpc) is 2.16. The van der Waals surface area contributed by atoms with E-state index in [1.54, 1.807) is 0 Å². The highest BCUT2D eigenvalue weighted by molar-refractivity contribution is 5.24. The Kier molecular flexibility index (Phi) is 5.01. The Morgan fingerprint density at radius 3 is 2.06 bits per heavy atom. The molecule has 0 bridgehead atoms. The van der Waals surface area contributed by atoms with E-state index in [0.717, 1.165) is 12.8 Å². The van der Waals surface area contributed by atoms with Crippen molar-refractivity contribution in [3.05, 3.63) is 35.4 Å². The molecule has 0 heterocycles. The first-order valence-electron chi connectivity index (χ1n) is 6.25. The van der Waals surface area contributed by atoms with Crippen LogP contribution in [0.1, 0.15) is 38.8 Å². The Labute approximate surface area is 99.5 Å². The van der Waals surface area contributed by atoms with Crippen molar-refractivity contribution in [2.45, 2.75) is 46.6 Å². The summed E-state index contributed by atoms with van der Waals surface area (Å²) in [6, 6.07) is 8.60. The third kappa shape index (κ3) is 4.36. The van der Waals surface area contributed by atoms with Crippen LogP contribution in [0.25, 0.3) is 0 Å². The smallest absolute Gasteiger partial charge is 0.0603 e. The lowest BCUT2D eigenvalue weighted by atomic mass is 9.96. The Bertz CT molecular complexity index is 315. The van der Waals surface area contributed by atoms with Crippen LogP contribution in [-0.4, -0.2) is 11.2 Å². The van der Waals surface area contributed by atoms with E-state index in [-0.39, 0.29) is 6.10 Å². The van der Waals surface area contributed by atoms with Gasteiger partial charge in [-0.2, -0.15) is 0 Å². The number of hydrogen-bond donors (Lipinski definition) is 1. The maximum absolute atomic E-state index is 9.85. The minimum Gasteiger partial charge on any atom is -0.393 e. The van der Waals surface area contributed by atoms with Gasteiger partial charge in [0.1, 0.15) is 0 Å². The average molecular weight is 220 g/mol. The minimum absolute atomic E-state index is 0.228. The standard InChI is InChI=1S/C15H24O/c1-11(2)8-13-6-5-7-14(9-13)10-15(16)12(3)4/h5-7,9,11-12,15-16H,8,10H2,1-4H3. The summed E-state index contributed by atoms with van der Waals surface area (Å²) in [5.41, 5.74) is 2.63. The molecule has 0 amide bonds. The maximum Gasteiger partial charge on any atom is 0.0603 e. The molecule has 0 saturated carbocycles. The largest absolute Gasteiger partial charge is 0.393 e. The highest BCUT2D eigenvalue weighted by atomic mass is 16.3. The second-order valence-corrected chi connectivity index (χ2v) is 5.43. The van der Waals surface area contributed by atoms with Crippen molar-refractivity contribution in [1.29, 1.82) is 0 Å². The highest BCUT2D eigenvalue weighted by Crippen LogP contribution is 2.14. The van der Waals surface area contributed by atoms with E-state index in [4.69, 9.17) is 0 Å². The fourth-order valence-electron chi connectivity index (χ4n) is 1.83. The molecule has 0 saturated heterocycles. The fraction of sp³-hybridized carbons (Fsp3) is 0.600. The third-order valence-electron chi connectivity index (χ3n) is 2.85. The number of rotatable bonds is 5. The van der Waals surface area contributed by atoms with Gasteiger partial charge in [-0.15, -0.1) is 0 Å². The number of hydrogen-bond acceptors (Lipinski definition) is 1. The van der Waals surface area contributed by atoms with Crippen LogP contribution in [0.2, 0.25) is 0 Å². The van der Waals surface area contributed by atoms with E-state index in [1.807, 2.05) is 0 Å². The van der Waals surface area contributed by atoms with Gasteiger partial charge in [0, 0.05) is 0 Å². The molecular formula is C15H24O. The summed E-state index contributed by atoms with van der Waals surface area (Å²) in [5.74, 6) is 1.01. The Morgan fingerprint density at radius 1 is 1.00 bits per heavy atom. The molecule has 90 valence electrons. The molecule has 1 heteroatoms. The third-order valence-corrected chi connectivity index (χ3v) is 2.85. The molecule has 1 aromatic rings. The highest BCUT2D eigenvalue weighted by Gasteiger charge is 2.10. The molecule has 1 rings (SSSR count). The summed E-state index contributed by atoms with van der Waals surface area (Å²) >= 11 is 0. The summed E-state index contributed by atoms with van der Waals surface area (Å²) in [4.78, 5) is 0. The molecule has 0 aliphatic heterocycles. The first-order chi connectivity index (χ1) is 7.49. The first-order valence-corrected chi connectivity index (χ1v) is 6.25. The lowest BCUT2D eigenvalue weighted by Gasteiger charge is -2.15. The van der Waals surface area contributed by atoms with Gasteiger partial charge in [0.15, 0.2) is 0 Å². The van der Waals surface area contributed by atoms with Crippen molar-refractivity contribution < 1.29 is 5.11 Å². The van der Waals surface area contributed by atoms with Crippen LogP contribution in [0.3, 0.4) is 0 Å². The lowest BCUT2D eigenvalue weighted by molar-refractivity contribution is 0.125. The molecule has 1 aromatic carbocycles. The molecule has 0 fully saturated rings. The number of aliphatic hydroxyl groups excluding tert-OH is 1. The van der Waals surface area contributed by atoms with Gasteiger partial charge in [-0.1, -0.05) is 52.0 Å². The van der Waals surface area contributed by atoms with Crippen molar-refractivity contribution in [2.75, 3.05) is 0 Å². The van der Waals surface area contributed by atoms with Crippen molar-refractivity contribution in [1.82, 2.24) is 0 Å². The molecule has 0 aliphatic rings. The Morgan fingerprint density at radius 2 is 1.56 bits per heavy atom. The second-order valence-electron chi connectivity index (χ2n) is 5.43. The lowest BCUT2D eigenvalue weighted by Crippen LogP contribution is -2.17. The van der Waals surface area contributed by atoms with Gasteiger partial charge in [0.05, 0.1) is 6.10 Å². The van der Waals surface area contributed by atoms with Crippen LogP contribution in [0.4, 0.5) is 0 Å². The zero-order chi connectivity index (χ0) is 12.1. The quantitative estimate of drug-likeness (QED) is 0.806. The van der Waals surface area contributed by atoms with Crippen LogP contribution in [-0.2, 0) is 12.8 Å². The fourth-order valence-corrected chi connectivity index (χ4v) is 1.83. The van der Waals surface area contributed by atoms with Crippen LogP contribution in [0.15, 0.2) is 24.3 Å². The molecule has 0 spiro atoms. The molecule has 0 aromatic heterocycles. The molecule has 0 aliphatic carbocycles. The van der Waals surface area contributed by atoms with Crippen LogP contribution in [0, 0.1) is 11.8 Å². The van der Waals surface area contributed by atoms with Gasteiger partial charge < -0.3 is 5.11 Å². The molecule has 1 atom stereocenters. The number of benzene rings is 1. The predicted molar refractivity (Wildman–Crippen MR) is 69.5 cm³/mol. The Hall–Kier alpha value is -0.820. The van der Waals surface area contributed by atoms with Gasteiger partial charge in [-0.25, -0.2) is 0 Å². The van der Waals surface area contributed by atoms with Gasteiger partial charge in [-0.05, 0) is 35.8 Å². The van der Waals surface area contributed by atoms with E-state index < -0.39 is 0 Å². The maximum atomic E-state index is 9.85. The molecule has 1 N–H and O–H groups in total. The zero-order valence-corrected chi connectivity index (χ0v) is 10.9. The topological polar surface area (TPSA) is 20.2 Å². The van der Waals surface area contributed by atoms with Crippen LogP contribution in [0.5, 0.6) is 0 Å². The van der Waals surface area contributed by atoms with Gasteiger partial charge in [0.25, 0.3) is 0 Å². The SMILES string of the molecule is CC(C)Cc1cccc(CC(O)C(C)C)c1. The van der Waals surface area contributed by atoms with E-state index in [9.17, 15) is 5.11 Å². The van der Waals surface area contributed by atoms with Gasteiger partial charge >= 0.3 is 0 Å². The molecule has 1 nitrogen and oxygen atoms in total. The zero-order valence-electron chi connectivity index (χ0n) is 10.9. The van der Waals surface area contributed by atoms with Gasteiger partial charge in [0.2, 0.25) is 0 Å². The van der Waals surface area contributed by atoms with E-state index in [2.05, 4.69) is 52.0 Å². The van der Waals surface area contributed by atoms with E-state index in [1.165, 1.54) is 11.1 Å². The summed E-state index contributed by atoms with van der Waals surface area (Å²) in [6.07, 6.45) is 1.66. The van der Waals surface area contributed by atoms with Crippen molar-refractivity contribution in [3.63, 3.8) is 0 Å². The second kappa shape index (κ2) is 6.05. The summed E-state index contributed by atoms with van der Waals surface area (Å²) in [7, 11) is 0. The molecule has 0 radical (unpaired) electrons. The monoisotopic (exact) mass is 220 g/mol. The molecular weight excluding hydrogens is 196 g/mol. The molecule has 1 unspecified atom stereocenters. The van der Waals surface area contributed by atoms with Crippen molar-refractivity contribution in [2.24, 2.45) is 11.8 Å².